The van der Waals surface area contributed by atoms with E-state index in [4.69, 9.17) is 11.6 Å². The van der Waals surface area contributed by atoms with Crippen LogP contribution < -0.4 is 15.5 Å². The van der Waals surface area contributed by atoms with E-state index in [1.54, 1.807) is 29.2 Å². The molecule has 0 unspecified atom stereocenters. The van der Waals surface area contributed by atoms with Crippen LogP contribution in [0.2, 0.25) is 5.02 Å². The predicted octanol–water partition coefficient (Wildman–Crippen LogP) is 3.51. The molecule has 5 nitrogen and oxygen atoms in total. The Labute approximate surface area is 145 Å². The maximum absolute atomic E-state index is 12.1. The Balaban J connectivity index is 1.52. The number of hydrogen-bond acceptors (Lipinski definition) is 2. The SMILES string of the molecule is O=C(NC[C@@H]1CC(=O)N(c2ccccc2)C1)Nc1ccccc1Cl. The van der Waals surface area contributed by atoms with Crippen molar-refractivity contribution in [3.05, 3.63) is 59.6 Å². The van der Waals surface area contributed by atoms with E-state index in [2.05, 4.69) is 10.6 Å². The third-order valence-electron chi connectivity index (χ3n) is 3.95. The molecular weight excluding hydrogens is 326 g/mol. The topological polar surface area (TPSA) is 61.4 Å². The second-order valence-corrected chi connectivity index (χ2v) is 6.13. The number of nitrogens with zero attached hydrogens (tertiary/aromatic N) is 1. The third-order valence-corrected chi connectivity index (χ3v) is 4.28. The second kappa shape index (κ2) is 7.36. The molecule has 1 heterocycles. The maximum Gasteiger partial charge on any atom is 0.319 e. The molecule has 124 valence electrons. The van der Waals surface area contributed by atoms with Gasteiger partial charge in [0.1, 0.15) is 0 Å². The van der Waals surface area contributed by atoms with Crippen molar-refractivity contribution >= 4 is 34.9 Å². The smallest absolute Gasteiger partial charge is 0.319 e. The van der Waals surface area contributed by atoms with E-state index in [0.29, 0.717) is 30.2 Å². The molecule has 2 aromatic carbocycles. The summed E-state index contributed by atoms with van der Waals surface area (Å²) in [5.74, 6) is 0.175. The quantitative estimate of drug-likeness (QED) is 0.892. The fourth-order valence-electron chi connectivity index (χ4n) is 2.74. The van der Waals surface area contributed by atoms with Crippen molar-refractivity contribution in [1.29, 1.82) is 0 Å². The summed E-state index contributed by atoms with van der Waals surface area (Å²) in [7, 11) is 0. The maximum atomic E-state index is 12.1. The summed E-state index contributed by atoms with van der Waals surface area (Å²) >= 11 is 6.01. The van der Waals surface area contributed by atoms with Crippen LogP contribution in [-0.2, 0) is 4.79 Å². The second-order valence-electron chi connectivity index (χ2n) is 5.72. The fourth-order valence-corrected chi connectivity index (χ4v) is 2.92. The number of carbonyl (C=O) groups excluding carboxylic acids is 2. The van der Waals surface area contributed by atoms with Crippen LogP contribution in [0.5, 0.6) is 0 Å². The van der Waals surface area contributed by atoms with Gasteiger partial charge in [0.25, 0.3) is 0 Å². The minimum Gasteiger partial charge on any atom is -0.338 e. The third kappa shape index (κ3) is 3.86. The van der Waals surface area contributed by atoms with Crippen molar-refractivity contribution in [2.75, 3.05) is 23.3 Å². The van der Waals surface area contributed by atoms with Gasteiger partial charge in [-0.2, -0.15) is 0 Å². The van der Waals surface area contributed by atoms with E-state index in [9.17, 15) is 9.59 Å². The molecule has 1 fully saturated rings. The summed E-state index contributed by atoms with van der Waals surface area (Å²) in [5, 5.41) is 6.00. The zero-order valence-electron chi connectivity index (χ0n) is 13.0. The highest BCUT2D eigenvalue weighted by Gasteiger charge is 2.30. The molecule has 24 heavy (non-hydrogen) atoms. The molecule has 0 aromatic heterocycles. The van der Waals surface area contributed by atoms with Gasteiger partial charge < -0.3 is 15.5 Å². The molecule has 0 bridgehead atoms. The van der Waals surface area contributed by atoms with Gasteiger partial charge in [0.15, 0.2) is 0 Å². The molecule has 1 atom stereocenters. The summed E-state index contributed by atoms with van der Waals surface area (Å²) in [6, 6.07) is 16.3. The van der Waals surface area contributed by atoms with Crippen molar-refractivity contribution < 1.29 is 9.59 Å². The van der Waals surface area contributed by atoms with Crippen LogP contribution in [0.25, 0.3) is 0 Å². The molecule has 1 saturated heterocycles. The molecule has 0 saturated carbocycles. The highest BCUT2D eigenvalue weighted by atomic mass is 35.5. The lowest BCUT2D eigenvalue weighted by Crippen LogP contribution is -2.34. The lowest BCUT2D eigenvalue weighted by Gasteiger charge is -2.17. The van der Waals surface area contributed by atoms with Crippen LogP contribution in [0.1, 0.15) is 6.42 Å². The Kier molecular flexibility index (Phi) is 5.01. The van der Waals surface area contributed by atoms with Crippen molar-refractivity contribution in [2.45, 2.75) is 6.42 Å². The van der Waals surface area contributed by atoms with Gasteiger partial charge in [-0.05, 0) is 24.3 Å². The molecule has 2 aromatic rings. The molecular formula is C18H18ClN3O2. The van der Waals surface area contributed by atoms with Crippen LogP contribution in [-0.4, -0.2) is 25.0 Å². The van der Waals surface area contributed by atoms with E-state index >= 15 is 0 Å². The Bertz CT molecular complexity index is 736. The molecule has 6 heteroatoms. The normalized spacial score (nSPS) is 17.0. The zero-order valence-corrected chi connectivity index (χ0v) is 13.8. The van der Waals surface area contributed by atoms with Gasteiger partial charge >= 0.3 is 6.03 Å². The Morgan fingerprint density at radius 1 is 1.12 bits per heavy atom. The minimum absolute atomic E-state index is 0.0829. The predicted molar refractivity (Wildman–Crippen MR) is 95.4 cm³/mol. The number of benzene rings is 2. The first kappa shape index (κ1) is 16.3. The fraction of sp³-hybridized carbons (Fsp3) is 0.222. The first-order chi connectivity index (χ1) is 11.6. The van der Waals surface area contributed by atoms with Crippen molar-refractivity contribution in [3.63, 3.8) is 0 Å². The van der Waals surface area contributed by atoms with E-state index in [1.165, 1.54) is 0 Å². The number of amides is 3. The van der Waals surface area contributed by atoms with Crippen LogP contribution in [0.3, 0.4) is 0 Å². The first-order valence-electron chi connectivity index (χ1n) is 7.78. The Morgan fingerprint density at radius 3 is 2.58 bits per heavy atom. The van der Waals surface area contributed by atoms with Gasteiger partial charge in [-0.15, -0.1) is 0 Å². The van der Waals surface area contributed by atoms with Crippen molar-refractivity contribution in [1.82, 2.24) is 5.32 Å². The highest BCUT2D eigenvalue weighted by Crippen LogP contribution is 2.24. The van der Waals surface area contributed by atoms with Crippen LogP contribution in [0.15, 0.2) is 54.6 Å². The number of hydrogen-bond donors (Lipinski definition) is 2. The highest BCUT2D eigenvalue weighted by molar-refractivity contribution is 6.33. The van der Waals surface area contributed by atoms with Gasteiger partial charge in [-0.25, -0.2) is 4.79 Å². The van der Waals surface area contributed by atoms with E-state index in [1.807, 2.05) is 30.3 Å². The Hall–Kier alpha value is -2.53. The molecule has 3 amide bonds. The molecule has 1 aliphatic heterocycles. The number of para-hydroxylation sites is 2. The lowest BCUT2D eigenvalue weighted by atomic mass is 10.1. The zero-order chi connectivity index (χ0) is 16.9. The molecule has 0 radical (unpaired) electrons. The summed E-state index contributed by atoms with van der Waals surface area (Å²) < 4.78 is 0. The van der Waals surface area contributed by atoms with Crippen molar-refractivity contribution in [2.24, 2.45) is 5.92 Å². The van der Waals surface area contributed by atoms with Crippen LogP contribution in [0, 0.1) is 5.92 Å². The number of rotatable bonds is 4. The molecule has 1 aliphatic rings. The average molecular weight is 344 g/mol. The number of halogens is 1. The van der Waals surface area contributed by atoms with E-state index < -0.39 is 0 Å². The number of anilines is 2. The van der Waals surface area contributed by atoms with Gasteiger partial charge in [-0.3, -0.25) is 4.79 Å². The molecule has 0 spiro atoms. The van der Waals surface area contributed by atoms with Crippen LogP contribution in [0.4, 0.5) is 16.2 Å². The summed E-state index contributed by atoms with van der Waals surface area (Å²) in [6.45, 7) is 1.04. The molecule has 0 aliphatic carbocycles. The lowest BCUT2D eigenvalue weighted by molar-refractivity contribution is -0.117. The first-order valence-corrected chi connectivity index (χ1v) is 8.16. The Morgan fingerprint density at radius 2 is 1.83 bits per heavy atom. The molecule has 3 rings (SSSR count). The summed E-state index contributed by atoms with van der Waals surface area (Å²) in [4.78, 5) is 25.9. The van der Waals surface area contributed by atoms with Crippen LogP contribution >= 0.6 is 11.6 Å². The average Bonchev–Trinajstić information content (AvgIpc) is 2.97. The van der Waals surface area contributed by atoms with Gasteiger partial charge in [-0.1, -0.05) is 41.9 Å². The monoisotopic (exact) mass is 343 g/mol. The number of nitrogens with one attached hydrogen (secondary N) is 2. The molecule has 2 N–H and O–H groups in total. The van der Waals surface area contributed by atoms with E-state index in [0.717, 1.165) is 5.69 Å². The van der Waals surface area contributed by atoms with Gasteiger partial charge in [0, 0.05) is 31.1 Å². The van der Waals surface area contributed by atoms with Gasteiger partial charge in [0.05, 0.1) is 10.7 Å². The number of urea groups is 1. The van der Waals surface area contributed by atoms with E-state index in [-0.39, 0.29) is 17.9 Å². The summed E-state index contributed by atoms with van der Waals surface area (Å²) in [6.07, 6.45) is 0.432. The number of carbonyl (C=O) groups is 2. The van der Waals surface area contributed by atoms with Crippen molar-refractivity contribution in [3.8, 4) is 0 Å². The minimum atomic E-state index is -0.325. The standard InChI is InChI=1S/C18H18ClN3O2/c19-15-8-4-5-9-16(15)21-18(24)20-11-13-10-17(23)22(12-13)14-6-2-1-3-7-14/h1-9,13H,10-12H2,(H2,20,21,24)/t13-/m0/s1. The largest absolute Gasteiger partial charge is 0.338 e. The summed E-state index contributed by atoms with van der Waals surface area (Å²) in [5.41, 5.74) is 1.45. The van der Waals surface area contributed by atoms with Gasteiger partial charge in [0.2, 0.25) is 5.91 Å².